The van der Waals surface area contributed by atoms with E-state index in [0.717, 1.165) is 35.6 Å². The van der Waals surface area contributed by atoms with Gasteiger partial charge in [0.25, 0.3) is 0 Å². The Morgan fingerprint density at radius 2 is 1.93 bits per heavy atom. The fourth-order valence-corrected chi connectivity index (χ4v) is 4.11. The van der Waals surface area contributed by atoms with E-state index in [9.17, 15) is 9.18 Å². The molecular weight excluding hydrogens is 379 g/mol. The molecule has 4 rings (SSSR count). The minimum atomic E-state index is -0.301. The summed E-state index contributed by atoms with van der Waals surface area (Å²) in [5.74, 6) is 1.10. The van der Waals surface area contributed by atoms with Gasteiger partial charge in [-0.05, 0) is 63.4 Å². The van der Waals surface area contributed by atoms with Crippen LogP contribution in [0.2, 0.25) is 0 Å². The molecule has 2 aromatic heterocycles. The fraction of sp³-hybridized carbons (Fsp3) is 0.417. The molecule has 1 aliphatic rings. The fourth-order valence-electron chi connectivity index (χ4n) is 4.11. The van der Waals surface area contributed by atoms with E-state index in [0.29, 0.717) is 19.0 Å². The topological polar surface area (TPSA) is 49.6 Å². The Bertz CT molecular complexity index is 1040. The standard InChI is InChI=1S/C24H29FN4O/c1-24(2,3)27-23-22(26-20-9-4-5-12-29(20)23)18-10-13-28(14-11-18)21(30)16-17-7-6-8-19(25)15-17/h4-9,12,15,18,27H,10-11,13-14,16H2,1-3H3. The zero-order valence-electron chi connectivity index (χ0n) is 17.9. The molecule has 1 aromatic carbocycles. The molecule has 0 radical (unpaired) electrons. The number of pyridine rings is 1. The van der Waals surface area contributed by atoms with Crippen LogP contribution >= 0.6 is 0 Å². The van der Waals surface area contributed by atoms with Crippen molar-refractivity contribution >= 4 is 17.4 Å². The average molecular weight is 409 g/mol. The number of halogens is 1. The van der Waals surface area contributed by atoms with Crippen LogP contribution in [0.25, 0.3) is 5.65 Å². The van der Waals surface area contributed by atoms with Crippen molar-refractivity contribution in [3.63, 3.8) is 0 Å². The van der Waals surface area contributed by atoms with Crippen molar-refractivity contribution in [3.05, 3.63) is 65.7 Å². The Labute approximate surface area is 176 Å². The Kier molecular flexibility index (Phi) is 5.50. The van der Waals surface area contributed by atoms with E-state index < -0.39 is 0 Å². The molecule has 3 heterocycles. The number of amides is 1. The Morgan fingerprint density at radius 1 is 1.17 bits per heavy atom. The lowest BCUT2D eigenvalue weighted by atomic mass is 9.92. The number of likely N-dealkylation sites (tertiary alicyclic amines) is 1. The maximum absolute atomic E-state index is 13.4. The van der Waals surface area contributed by atoms with Gasteiger partial charge in [-0.1, -0.05) is 18.2 Å². The Balaban J connectivity index is 1.48. The molecular formula is C24H29FN4O. The molecule has 0 aliphatic carbocycles. The lowest BCUT2D eigenvalue weighted by molar-refractivity contribution is -0.131. The number of aromatic nitrogens is 2. The molecule has 3 aromatic rings. The molecule has 1 saturated heterocycles. The first-order valence-corrected chi connectivity index (χ1v) is 10.6. The van der Waals surface area contributed by atoms with Crippen LogP contribution in [-0.2, 0) is 11.2 Å². The van der Waals surface area contributed by atoms with Crippen LogP contribution in [0.1, 0.15) is 50.8 Å². The second-order valence-electron chi connectivity index (χ2n) is 9.11. The van der Waals surface area contributed by atoms with Gasteiger partial charge in [0, 0.05) is 30.7 Å². The lowest BCUT2D eigenvalue weighted by Crippen LogP contribution is -2.39. The zero-order chi connectivity index (χ0) is 21.3. The molecule has 1 amide bonds. The van der Waals surface area contributed by atoms with Crippen molar-refractivity contribution in [2.24, 2.45) is 0 Å². The molecule has 1 N–H and O–H groups in total. The maximum atomic E-state index is 13.4. The molecule has 0 saturated carbocycles. The highest BCUT2D eigenvalue weighted by Gasteiger charge is 2.29. The van der Waals surface area contributed by atoms with Gasteiger partial charge in [-0.3, -0.25) is 9.20 Å². The summed E-state index contributed by atoms with van der Waals surface area (Å²) in [6.07, 6.45) is 4.03. The third-order valence-electron chi connectivity index (χ3n) is 5.53. The zero-order valence-corrected chi connectivity index (χ0v) is 17.9. The van der Waals surface area contributed by atoms with E-state index in [1.807, 2.05) is 29.3 Å². The second-order valence-corrected chi connectivity index (χ2v) is 9.11. The maximum Gasteiger partial charge on any atom is 0.226 e. The summed E-state index contributed by atoms with van der Waals surface area (Å²) >= 11 is 0. The molecule has 1 aliphatic heterocycles. The number of fused-ring (bicyclic) bond motifs is 1. The Morgan fingerprint density at radius 3 is 2.63 bits per heavy atom. The highest BCUT2D eigenvalue weighted by Crippen LogP contribution is 2.34. The lowest BCUT2D eigenvalue weighted by Gasteiger charge is -2.32. The summed E-state index contributed by atoms with van der Waals surface area (Å²) in [6.45, 7) is 7.83. The van der Waals surface area contributed by atoms with Crippen LogP contribution in [0.15, 0.2) is 48.7 Å². The van der Waals surface area contributed by atoms with Crippen LogP contribution in [0.3, 0.4) is 0 Å². The SMILES string of the molecule is CC(C)(C)Nc1c(C2CCN(C(=O)Cc3cccc(F)c3)CC2)nc2ccccn12. The first-order chi connectivity index (χ1) is 14.3. The molecule has 0 spiro atoms. The largest absolute Gasteiger partial charge is 0.365 e. The van der Waals surface area contributed by atoms with Crippen molar-refractivity contribution in [2.75, 3.05) is 18.4 Å². The highest BCUT2D eigenvalue weighted by molar-refractivity contribution is 5.79. The number of anilines is 1. The van der Waals surface area contributed by atoms with Crippen molar-refractivity contribution in [1.82, 2.24) is 14.3 Å². The smallest absolute Gasteiger partial charge is 0.226 e. The number of rotatable bonds is 4. The normalized spacial score (nSPS) is 15.5. The minimum absolute atomic E-state index is 0.0575. The molecule has 0 bridgehead atoms. The van der Waals surface area contributed by atoms with Crippen LogP contribution in [-0.4, -0.2) is 38.8 Å². The number of carbonyl (C=O) groups is 1. The van der Waals surface area contributed by atoms with Gasteiger partial charge in [0.2, 0.25) is 5.91 Å². The molecule has 0 atom stereocenters. The number of hydrogen-bond donors (Lipinski definition) is 1. The van der Waals surface area contributed by atoms with Gasteiger partial charge in [0.15, 0.2) is 0 Å². The summed E-state index contributed by atoms with van der Waals surface area (Å²) in [6, 6.07) is 12.3. The number of nitrogens with zero attached hydrogens (tertiary/aromatic N) is 3. The molecule has 158 valence electrons. The number of nitrogens with one attached hydrogen (secondary N) is 1. The van der Waals surface area contributed by atoms with E-state index >= 15 is 0 Å². The van der Waals surface area contributed by atoms with Crippen molar-refractivity contribution in [3.8, 4) is 0 Å². The van der Waals surface area contributed by atoms with Gasteiger partial charge in [-0.15, -0.1) is 0 Å². The van der Waals surface area contributed by atoms with Gasteiger partial charge < -0.3 is 10.2 Å². The minimum Gasteiger partial charge on any atom is -0.365 e. The van der Waals surface area contributed by atoms with Gasteiger partial charge in [-0.25, -0.2) is 9.37 Å². The van der Waals surface area contributed by atoms with E-state index in [2.05, 4.69) is 30.5 Å². The second kappa shape index (κ2) is 8.09. The first kappa shape index (κ1) is 20.4. The third kappa shape index (κ3) is 4.48. The molecule has 6 heteroatoms. The average Bonchev–Trinajstić information content (AvgIpc) is 3.05. The highest BCUT2D eigenvalue weighted by atomic mass is 19.1. The summed E-state index contributed by atoms with van der Waals surface area (Å²) in [5, 5.41) is 3.63. The molecule has 1 fully saturated rings. The van der Waals surface area contributed by atoms with Crippen molar-refractivity contribution in [2.45, 2.75) is 51.5 Å². The number of imidazole rings is 1. The first-order valence-electron chi connectivity index (χ1n) is 10.6. The monoisotopic (exact) mass is 408 g/mol. The molecule has 0 unspecified atom stereocenters. The van der Waals surface area contributed by atoms with E-state index in [1.165, 1.54) is 12.1 Å². The van der Waals surface area contributed by atoms with Crippen molar-refractivity contribution in [1.29, 1.82) is 0 Å². The van der Waals surface area contributed by atoms with Crippen LogP contribution in [0.4, 0.5) is 10.2 Å². The predicted octanol–water partition coefficient (Wildman–Crippen LogP) is 4.63. The summed E-state index contributed by atoms with van der Waals surface area (Å²) in [5.41, 5.74) is 2.65. The van der Waals surface area contributed by atoms with Crippen LogP contribution < -0.4 is 5.32 Å². The van der Waals surface area contributed by atoms with Crippen LogP contribution in [0.5, 0.6) is 0 Å². The van der Waals surface area contributed by atoms with E-state index in [4.69, 9.17) is 4.98 Å². The summed E-state index contributed by atoms with van der Waals surface area (Å²) < 4.78 is 15.5. The summed E-state index contributed by atoms with van der Waals surface area (Å²) in [7, 11) is 0. The third-order valence-corrected chi connectivity index (χ3v) is 5.53. The van der Waals surface area contributed by atoms with Gasteiger partial charge in [0.05, 0.1) is 12.1 Å². The van der Waals surface area contributed by atoms with Gasteiger partial charge in [0.1, 0.15) is 17.3 Å². The molecule has 30 heavy (non-hydrogen) atoms. The van der Waals surface area contributed by atoms with Gasteiger partial charge in [-0.2, -0.15) is 0 Å². The van der Waals surface area contributed by atoms with Crippen molar-refractivity contribution < 1.29 is 9.18 Å². The number of benzene rings is 1. The quantitative estimate of drug-likeness (QED) is 0.685. The number of carbonyl (C=O) groups excluding carboxylic acids is 1. The number of hydrogen-bond acceptors (Lipinski definition) is 3. The molecule has 5 nitrogen and oxygen atoms in total. The van der Waals surface area contributed by atoms with E-state index in [-0.39, 0.29) is 23.7 Å². The Hall–Kier alpha value is -2.89. The van der Waals surface area contributed by atoms with E-state index in [1.54, 1.807) is 12.1 Å². The summed E-state index contributed by atoms with van der Waals surface area (Å²) in [4.78, 5) is 19.5. The predicted molar refractivity (Wildman–Crippen MR) is 117 cm³/mol. The number of piperidine rings is 1. The van der Waals surface area contributed by atoms with Gasteiger partial charge >= 0.3 is 0 Å². The van der Waals surface area contributed by atoms with Crippen LogP contribution in [0, 0.1) is 5.82 Å².